The number of ketones is 1. The van der Waals surface area contributed by atoms with E-state index in [9.17, 15) is 27.9 Å². The molecule has 9 nitrogen and oxygen atoms in total. The molecule has 1 fully saturated rings. The molecule has 1 aliphatic heterocycles. The molecule has 1 amide bonds. The number of piperazine rings is 1. The maximum absolute atomic E-state index is 14.3. The average Bonchev–Trinajstić information content (AvgIpc) is 3.39. The van der Waals surface area contributed by atoms with Crippen LogP contribution in [0.1, 0.15) is 50.5 Å². The van der Waals surface area contributed by atoms with E-state index in [2.05, 4.69) is 16.7 Å². The summed E-state index contributed by atoms with van der Waals surface area (Å²) in [5, 5.41) is 14.4. The summed E-state index contributed by atoms with van der Waals surface area (Å²) in [5.74, 6) is -0.178. The molecule has 0 radical (unpaired) electrons. The van der Waals surface area contributed by atoms with Gasteiger partial charge in [-0.25, -0.2) is 9.50 Å². The van der Waals surface area contributed by atoms with Crippen molar-refractivity contribution in [1.82, 2.24) is 24.4 Å². The molecule has 43 heavy (non-hydrogen) atoms. The molecule has 1 saturated heterocycles. The highest BCUT2D eigenvalue weighted by Gasteiger charge is 2.39. The van der Waals surface area contributed by atoms with E-state index in [0.29, 0.717) is 40.0 Å². The number of amides is 1. The van der Waals surface area contributed by atoms with Crippen LogP contribution in [0.15, 0.2) is 67.1 Å². The molecule has 1 atom stereocenters. The van der Waals surface area contributed by atoms with Crippen LogP contribution in [-0.2, 0) is 6.18 Å². The van der Waals surface area contributed by atoms with Crippen molar-refractivity contribution in [3.05, 3.63) is 95.0 Å². The molecule has 1 N–H and O–H groups in total. The van der Waals surface area contributed by atoms with Crippen LogP contribution in [0, 0.1) is 6.92 Å². The van der Waals surface area contributed by atoms with Gasteiger partial charge in [-0.3, -0.25) is 14.5 Å². The summed E-state index contributed by atoms with van der Waals surface area (Å²) in [5.41, 5.74) is 0.329. The van der Waals surface area contributed by atoms with Crippen molar-refractivity contribution in [1.29, 1.82) is 0 Å². The number of alkyl halides is 3. The predicted octanol–water partition coefficient (Wildman–Crippen LogP) is 5.51. The summed E-state index contributed by atoms with van der Waals surface area (Å²) in [4.78, 5) is 33.5. The number of hydrogen-bond donors (Lipinski definition) is 1. The third-order valence-electron chi connectivity index (χ3n) is 7.64. The number of rotatable bonds is 7. The number of aliphatic hydroxyl groups excluding tert-OH is 1. The molecule has 0 bridgehead atoms. The van der Waals surface area contributed by atoms with Crippen molar-refractivity contribution >= 4 is 17.3 Å². The molecular weight excluding hydrogens is 563 g/mol. The largest absolute Gasteiger partial charge is 0.511 e. The molecule has 4 aromatic rings. The Morgan fingerprint density at radius 1 is 1.07 bits per heavy atom. The maximum atomic E-state index is 14.3. The van der Waals surface area contributed by atoms with Gasteiger partial charge < -0.3 is 14.7 Å². The standard InChI is InChI=1S/C31H30F3N5O4/c1-18-26(21-8-10-24(43-4)11-9-21)36-29-25(17-35-39(29)28(18)31(32,33)34)30(42)38-14-12-37(13-15-38)27(20(3)41)23-7-5-6-22(16-23)19(2)40/h5-11,16-17,27,41H,3,12-15H2,1-2,4H3/t27-/m1/s1. The molecule has 2 aromatic carbocycles. The fraction of sp³-hybridized carbons (Fsp3) is 0.290. The maximum Gasteiger partial charge on any atom is 0.433 e. The first-order valence-corrected chi connectivity index (χ1v) is 13.5. The van der Waals surface area contributed by atoms with E-state index in [-0.39, 0.29) is 47.1 Å². The molecule has 1 aliphatic rings. The molecule has 12 heteroatoms. The summed E-state index contributed by atoms with van der Waals surface area (Å²) in [6.45, 7) is 7.66. The highest BCUT2D eigenvalue weighted by atomic mass is 19.4. The lowest BCUT2D eigenvalue weighted by atomic mass is 9.99. The van der Waals surface area contributed by atoms with E-state index in [4.69, 9.17) is 4.74 Å². The normalized spacial score (nSPS) is 15.0. The number of halogens is 3. The third-order valence-corrected chi connectivity index (χ3v) is 7.64. The van der Waals surface area contributed by atoms with Gasteiger partial charge in [-0.15, -0.1) is 0 Å². The highest BCUT2D eigenvalue weighted by Crippen LogP contribution is 2.37. The number of ether oxygens (including phenoxy) is 1. The van der Waals surface area contributed by atoms with Gasteiger partial charge in [0.25, 0.3) is 5.91 Å². The SMILES string of the molecule is C=C(O)[C@H](c1cccc(C(C)=O)c1)N1CCN(C(=O)c2cnn3c(C(F)(F)F)c(C)c(-c4ccc(OC)cc4)nc23)CC1. The quantitative estimate of drug-likeness (QED) is 0.223. The number of nitrogens with zero attached hydrogens (tertiary/aromatic N) is 5. The fourth-order valence-corrected chi connectivity index (χ4v) is 5.48. The van der Waals surface area contributed by atoms with Crippen LogP contribution in [0.25, 0.3) is 16.9 Å². The minimum Gasteiger partial charge on any atom is -0.511 e. The molecule has 0 spiro atoms. The first-order chi connectivity index (χ1) is 20.4. The molecule has 2 aromatic heterocycles. The number of carbonyl (C=O) groups is 2. The summed E-state index contributed by atoms with van der Waals surface area (Å²) in [6.07, 6.45) is -3.64. The summed E-state index contributed by atoms with van der Waals surface area (Å²) in [7, 11) is 1.49. The Morgan fingerprint density at radius 2 is 1.74 bits per heavy atom. The number of aliphatic hydroxyl groups is 1. The topological polar surface area (TPSA) is 100 Å². The molecule has 224 valence electrons. The lowest BCUT2D eigenvalue weighted by Gasteiger charge is -2.39. The van der Waals surface area contributed by atoms with Crippen molar-refractivity contribution in [2.24, 2.45) is 0 Å². The van der Waals surface area contributed by atoms with Gasteiger partial charge in [0, 0.05) is 42.9 Å². The van der Waals surface area contributed by atoms with E-state index in [1.165, 1.54) is 25.9 Å². The van der Waals surface area contributed by atoms with Gasteiger partial charge in [-0.05, 0) is 49.7 Å². The van der Waals surface area contributed by atoms with Crippen molar-refractivity contribution in [3.8, 4) is 17.0 Å². The Bertz CT molecular complexity index is 1710. The lowest BCUT2D eigenvalue weighted by Crippen LogP contribution is -2.50. The Labute approximate surface area is 245 Å². The van der Waals surface area contributed by atoms with E-state index in [1.54, 1.807) is 48.5 Å². The second-order valence-corrected chi connectivity index (χ2v) is 10.4. The zero-order chi connectivity index (χ0) is 31.1. The number of methoxy groups -OCH3 is 1. The van der Waals surface area contributed by atoms with Crippen molar-refractivity contribution < 1.29 is 32.6 Å². The molecule has 0 aliphatic carbocycles. The van der Waals surface area contributed by atoms with Crippen LogP contribution in [0.4, 0.5) is 13.2 Å². The summed E-state index contributed by atoms with van der Waals surface area (Å²) in [6, 6.07) is 12.8. The zero-order valence-electron chi connectivity index (χ0n) is 23.9. The third kappa shape index (κ3) is 5.70. The van der Waals surface area contributed by atoms with Gasteiger partial charge in [-0.1, -0.05) is 24.8 Å². The Hall–Kier alpha value is -4.71. The molecule has 5 rings (SSSR count). The summed E-state index contributed by atoms with van der Waals surface area (Å²) < 4.78 is 48.7. The van der Waals surface area contributed by atoms with Crippen LogP contribution in [0.2, 0.25) is 0 Å². The van der Waals surface area contributed by atoms with Crippen LogP contribution in [0.3, 0.4) is 0 Å². The molecule has 3 heterocycles. The van der Waals surface area contributed by atoms with E-state index >= 15 is 0 Å². The van der Waals surface area contributed by atoms with Crippen LogP contribution >= 0.6 is 0 Å². The lowest BCUT2D eigenvalue weighted by molar-refractivity contribution is -0.143. The summed E-state index contributed by atoms with van der Waals surface area (Å²) >= 11 is 0. The average molecular weight is 594 g/mol. The number of hydrogen-bond acceptors (Lipinski definition) is 7. The van der Waals surface area contributed by atoms with E-state index in [1.807, 2.05) is 4.90 Å². The number of fused-ring (bicyclic) bond motifs is 1. The second-order valence-electron chi connectivity index (χ2n) is 10.4. The van der Waals surface area contributed by atoms with Gasteiger partial charge >= 0.3 is 6.18 Å². The Morgan fingerprint density at radius 3 is 2.33 bits per heavy atom. The molecule has 0 unspecified atom stereocenters. The van der Waals surface area contributed by atoms with Gasteiger partial charge in [0.1, 0.15) is 17.1 Å². The monoisotopic (exact) mass is 593 g/mol. The number of aromatic nitrogens is 3. The Balaban J connectivity index is 1.45. The van der Waals surface area contributed by atoms with Gasteiger partial charge in [-0.2, -0.15) is 18.3 Å². The van der Waals surface area contributed by atoms with Crippen molar-refractivity contribution in [2.75, 3.05) is 33.3 Å². The van der Waals surface area contributed by atoms with Crippen molar-refractivity contribution in [2.45, 2.75) is 26.1 Å². The molecular formula is C31H30F3N5O4. The first-order valence-electron chi connectivity index (χ1n) is 13.5. The van der Waals surface area contributed by atoms with Crippen LogP contribution < -0.4 is 4.74 Å². The highest BCUT2D eigenvalue weighted by molar-refractivity contribution is 6.00. The van der Waals surface area contributed by atoms with Crippen LogP contribution in [0.5, 0.6) is 5.75 Å². The second kappa shape index (κ2) is 11.5. The zero-order valence-corrected chi connectivity index (χ0v) is 23.9. The molecule has 0 saturated carbocycles. The van der Waals surface area contributed by atoms with E-state index in [0.717, 1.165) is 6.20 Å². The predicted molar refractivity (Wildman–Crippen MR) is 153 cm³/mol. The van der Waals surface area contributed by atoms with Gasteiger partial charge in [0.15, 0.2) is 17.1 Å². The first kappa shape index (κ1) is 29.8. The van der Waals surface area contributed by atoms with Gasteiger partial charge in [0.05, 0.1) is 25.0 Å². The van der Waals surface area contributed by atoms with Crippen molar-refractivity contribution in [3.63, 3.8) is 0 Å². The minimum atomic E-state index is -4.76. The van der Waals surface area contributed by atoms with Crippen LogP contribution in [-0.4, -0.2) is 74.5 Å². The van der Waals surface area contributed by atoms with E-state index < -0.39 is 23.8 Å². The number of Topliss-reactive ketones (excluding diaryl/α,β-unsaturated/α-hetero) is 1. The fourth-order valence-electron chi connectivity index (χ4n) is 5.48. The van der Waals surface area contributed by atoms with Gasteiger partial charge in [0.2, 0.25) is 0 Å². The smallest absolute Gasteiger partial charge is 0.433 e. The minimum absolute atomic E-state index is 0.0500. The number of benzene rings is 2. The number of carbonyl (C=O) groups excluding carboxylic acids is 2. The Kier molecular flexibility index (Phi) is 7.98.